The van der Waals surface area contributed by atoms with Gasteiger partial charge in [0.1, 0.15) is 17.3 Å². The molecule has 5 heteroatoms. The molecule has 0 spiro atoms. The van der Waals surface area contributed by atoms with Crippen molar-refractivity contribution in [2.75, 3.05) is 0 Å². The fourth-order valence-electron chi connectivity index (χ4n) is 2.55. The van der Waals surface area contributed by atoms with Gasteiger partial charge >= 0.3 is 5.97 Å². The molecule has 0 unspecified atom stereocenters. The third kappa shape index (κ3) is 2.07. The van der Waals surface area contributed by atoms with E-state index in [1.807, 2.05) is 0 Å². The van der Waals surface area contributed by atoms with E-state index in [4.69, 9.17) is 0 Å². The molecule has 0 saturated heterocycles. The lowest BCUT2D eigenvalue weighted by atomic mass is 10.0. The number of aryl methyl sites for hydroxylation is 1. The van der Waals surface area contributed by atoms with Crippen LogP contribution in [0.5, 0.6) is 0 Å². The third-order valence-electron chi connectivity index (χ3n) is 3.50. The molecule has 0 bridgehead atoms. The van der Waals surface area contributed by atoms with Gasteiger partial charge in [0.25, 0.3) is 0 Å². The normalized spacial score (nSPS) is 11.0. The van der Waals surface area contributed by atoms with Gasteiger partial charge in [-0.3, -0.25) is 0 Å². The van der Waals surface area contributed by atoms with Gasteiger partial charge in [-0.05, 0) is 18.2 Å². The number of aromatic nitrogens is 1. The maximum absolute atomic E-state index is 14.0. The van der Waals surface area contributed by atoms with Crippen LogP contribution in [0, 0.1) is 11.6 Å². The number of rotatable bonds is 2. The summed E-state index contributed by atoms with van der Waals surface area (Å²) in [7, 11) is 1.61. The first kappa shape index (κ1) is 13.3. The second-order valence-electron chi connectivity index (χ2n) is 4.76. The van der Waals surface area contributed by atoms with Crippen molar-refractivity contribution in [1.82, 2.24) is 4.57 Å². The quantitative estimate of drug-likeness (QED) is 0.778. The van der Waals surface area contributed by atoms with E-state index in [9.17, 15) is 18.7 Å². The smallest absolute Gasteiger partial charge is 0.352 e. The molecule has 3 aromatic rings. The van der Waals surface area contributed by atoms with Crippen LogP contribution in [0.4, 0.5) is 8.78 Å². The Labute approximate surface area is 119 Å². The molecule has 0 atom stereocenters. The summed E-state index contributed by atoms with van der Waals surface area (Å²) in [6, 6.07) is 10.0. The first-order valence-corrected chi connectivity index (χ1v) is 6.26. The van der Waals surface area contributed by atoms with Crippen LogP contribution >= 0.6 is 0 Å². The Morgan fingerprint density at radius 1 is 1.10 bits per heavy atom. The van der Waals surface area contributed by atoms with Crippen molar-refractivity contribution in [1.29, 1.82) is 0 Å². The average Bonchev–Trinajstić information content (AvgIpc) is 2.77. The summed E-state index contributed by atoms with van der Waals surface area (Å²) in [4.78, 5) is 11.2. The number of hydrogen-bond donors (Lipinski definition) is 1. The molecule has 2 aromatic carbocycles. The number of benzene rings is 2. The van der Waals surface area contributed by atoms with Crippen LogP contribution in [-0.4, -0.2) is 15.6 Å². The van der Waals surface area contributed by atoms with E-state index in [1.54, 1.807) is 25.2 Å². The lowest BCUT2D eigenvalue weighted by molar-refractivity contribution is 0.0687. The monoisotopic (exact) mass is 287 g/mol. The molecule has 0 aliphatic rings. The summed E-state index contributed by atoms with van der Waals surface area (Å²) in [5.41, 5.74) is 1.47. The van der Waals surface area contributed by atoms with Crippen molar-refractivity contribution >= 4 is 16.9 Å². The highest BCUT2D eigenvalue weighted by molar-refractivity contribution is 6.00. The summed E-state index contributed by atoms with van der Waals surface area (Å²) < 4.78 is 28.5. The molecule has 106 valence electrons. The lowest BCUT2D eigenvalue weighted by Crippen LogP contribution is -2.04. The fourth-order valence-corrected chi connectivity index (χ4v) is 2.55. The van der Waals surface area contributed by atoms with E-state index in [-0.39, 0.29) is 11.3 Å². The average molecular weight is 287 g/mol. The Kier molecular flexibility index (Phi) is 2.97. The molecule has 1 heterocycles. The van der Waals surface area contributed by atoms with Gasteiger partial charge in [-0.1, -0.05) is 18.2 Å². The number of carboxylic acid groups (broad SMARTS) is 1. The molecule has 3 rings (SSSR count). The predicted octanol–water partition coefficient (Wildman–Crippen LogP) is 3.82. The SMILES string of the molecule is Cn1c(C(=O)O)cc2cccc(-c3ccc(F)cc3F)c21. The third-order valence-corrected chi connectivity index (χ3v) is 3.50. The van der Waals surface area contributed by atoms with Crippen molar-refractivity contribution in [3.8, 4) is 11.1 Å². The minimum absolute atomic E-state index is 0.111. The predicted molar refractivity (Wildman–Crippen MR) is 75.2 cm³/mol. The molecular formula is C16H11F2NO2. The topological polar surface area (TPSA) is 42.2 Å². The van der Waals surface area contributed by atoms with Gasteiger partial charge in [-0.25, -0.2) is 13.6 Å². The zero-order valence-electron chi connectivity index (χ0n) is 11.1. The summed E-state index contributed by atoms with van der Waals surface area (Å²) in [6.07, 6.45) is 0. The number of aromatic carboxylic acids is 1. The number of carbonyl (C=O) groups is 1. The molecule has 1 aromatic heterocycles. The van der Waals surface area contributed by atoms with Gasteiger partial charge in [0, 0.05) is 29.6 Å². The van der Waals surface area contributed by atoms with Gasteiger partial charge in [0.2, 0.25) is 0 Å². The number of nitrogens with zero attached hydrogens (tertiary/aromatic N) is 1. The first-order chi connectivity index (χ1) is 9.99. The zero-order valence-corrected chi connectivity index (χ0v) is 11.1. The number of carboxylic acids is 1. The number of para-hydroxylation sites is 1. The molecule has 0 saturated carbocycles. The number of halogens is 2. The first-order valence-electron chi connectivity index (χ1n) is 6.26. The lowest BCUT2D eigenvalue weighted by Gasteiger charge is -2.08. The van der Waals surface area contributed by atoms with E-state index in [0.29, 0.717) is 16.5 Å². The van der Waals surface area contributed by atoms with E-state index >= 15 is 0 Å². The minimum atomic E-state index is -1.06. The zero-order chi connectivity index (χ0) is 15.1. The van der Waals surface area contributed by atoms with Crippen molar-refractivity contribution in [3.63, 3.8) is 0 Å². The highest BCUT2D eigenvalue weighted by Gasteiger charge is 2.17. The van der Waals surface area contributed by atoms with Crippen LogP contribution in [0.25, 0.3) is 22.0 Å². The van der Waals surface area contributed by atoms with Gasteiger partial charge in [-0.2, -0.15) is 0 Å². The van der Waals surface area contributed by atoms with Crippen LogP contribution in [0.3, 0.4) is 0 Å². The maximum Gasteiger partial charge on any atom is 0.352 e. The van der Waals surface area contributed by atoms with Crippen LogP contribution in [0.2, 0.25) is 0 Å². The minimum Gasteiger partial charge on any atom is -0.477 e. The van der Waals surface area contributed by atoms with Gasteiger partial charge in [-0.15, -0.1) is 0 Å². The molecule has 0 aliphatic heterocycles. The fraction of sp³-hybridized carbons (Fsp3) is 0.0625. The number of fused-ring (bicyclic) bond motifs is 1. The maximum atomic E-state index is 14.0. The standard InChI is InChI=1S/C16H11F2NO2/c1-19-14(16(20)21)7-9-3-2-4-12(15(9)19)11-6-5-10(17)8-13(11)18/h2-8H,1H3,(H,20,21). The molecule has 1 N–H and O–H groups in total. The Bertz CT molecular complexity index is 868. The van der Waals surface area contributed by atoms with Crippen LogP contribution in [0.1, 0.15) is 10.5 Å². The molecule has 0 radical (unpaired) electrons. The Hall–Kier alpha value is -2.69. The molecule has 3 nitrogen and oxygen atoms in total. The van der Waals surface area contributed by atoms with Crippen molar-refractivity contribution in [2.24, 2.45) is 7.05 Å². The second kappa shape index (κ2) is 4.70. The van der Waals surface area contributed by atoms with Gasteiger partial charge < -0.3 is 9.67 Å². The summed E-state index contributed by atoms with van der Waals surface area (Å²) >= 11 is 0. The Balaban J connectivity index is 2.35. The number of hydrogen-bond acceptors (Lipinski definition) is 1. The molecule has 21 heavy (non-hydrogen) atoms. The van der Waals surface area contributed by atoms with E-state index < -0.39 is 17.6 Å². The van der Waals surface area contributed by atoms with Crippen molar-refractivity contribution in [3.05, 3.63) is 59.8 Å². The summed E-state index contributed by atoms with van der Waals surface area (Å²) in [6.45, 7) is 0. The van der Waals surface area contributed by atoms with E-state index in [0.717, 1.165) is 6.07 Å². The molecule has 0 aliphatic carbocycles. The van der Waals surface area contributed by atoms with Crippen LogP contribution in [0.15, 0.2) is 42.5 Å². The van der Waals surface area contributed by atoms with Gasteiger partial charge in [0.15, 0.2) is 0 Å². The van der Waals surface area contributed by atoms with Crippen molar-refractivity contribution < 1.29 is 18.7 Å². The van der Waals surface area contributed by atoms with E-state index in [2.05, 4.69) is 0 Å². The van der Waals surface area contributed by atoms with Crippen LogP contribution < -0.4 is 0 Å². The van der Waals surface area contributed by atoms with Crippen molar-refractivity contribution in [2.45, 2.75) is 0 Å². The largest absolute Gasteiger partial charge is 0.477 e. The summed E-state index contributed by atoms with van der Waals surface area (Å²) in [5, 5.41) is 9.87. The van der Waals surface area contributed by atoms with E-state index in [1.165, 1.54) is 22.8 Å². The Morgan fingerprint density at radius 2 is 1.86 bits per heavy atom. The second-order valence-corrected chi connectivity index (χ2v) is 4.76. The molecule has 0 amide bonds. The molecule has 0 fully saturated rings. The highest BCUT2D eigenvalue weighted by Crippen LogP contribution is 2.32. The van der Waals surface area contributed by atoms with Crippen LogP contribution in [-0.2, 0) is 7.05 Å². The Morgan fingerprint density at radius 3 is 2.52 bits per heavy atom. The van der Waals surface area contributed by atoms with Gasteiger partial charge in [0.05, 0.1) is 5.52 Å². The summed E-state index contributed by atoms with van der Waals surface area (Å²) in [5.74, 6) is -2.39. The highest BCUT2D eigenvalue weighted by atomic mass is 19.1. The molecular weight excluding hydrogens is 276 g/mol.